The summed E-state index contributed by atoms with van der Waals surface area (Å²) in [6.07, 6.45) is 0.997. The number of aryl methyl sites for hydroxylation is 1. The van der Waals surface area contributed by atoms with Crippen molar-refractivity contribution in [2.75, 3.05) is 20.0 Å². The van der Waals surface area contributed by atoms with Gasteiger partial charge in [-0.3, -0.25) is 4.79 Å². The van der Waals surface area contributed by atoms with Crippen LogP contribution in [0, 0.1) is 13.8 Å². The minimum Gasteiger partial charge on any atom is -0.465 e. The van der Waals surface area contributed by atoms with E-state index in [9.17, 15) is 22.8 Å². The van der Waals surface area contributed by atoms with E-state index in [1.165, 1.54) is 31.4 Å². The maximum Gasteiger partial charge on any atom is 0.339 e. The number of aromatic nitrogens is 1. The number of ketones is 1. The van der Waals surface area contributed by atoms with Gasteiger partial charge in [0.2, 0.25) is 5.78 Å². The lowest BCUT2D eigenvalue weighted by Gasteiger charge is -2.11. The highest BCUT2D eigenvalue weighted by atomic mass is 32.2. The Morgan fingerprint density at radius 3 is 2.15 bits per heavy atom. The molecule has 1 heterocycles. The monoisotopic (exact) mass is 469 g/mol. The van der Waals surface area contributed by atoms with Gasteiger partial charge in [-0.05, 0) is 56.3 Å². The fourth-order valence-electron chi connectivity index (χ4n) is 3.55. The summed E-state index contributed by atoms with van der Waals surface area (Å²) < 4.78 is 35.5. The molecule has 172 valence electrons. The lowest BCUT2D eigenvalue weighted by atomic mass is 10.1. The number of esters is 2. The molecule has 0 radical (unpaired) electrons. The van der Waals surface area contributed by atoms with Crippen LogP contribution in [0.3, 0.4) is 0 Å². The first-order valence-electron chi connectivity index (χ1n) is 9.91. The molecule has 3 aromatic rings. The van der Waals surface area contributed by atoms with Gasteiger partial charge >= 0.3 is 11.9 Å². The lowest BCUT2D eigenvalue weighted by molar-refractivity contribution is 0.0470. The number of Topliss-reactive ketones (excluding diaryl/α,β-unsaturated/α-hetero) is 1. The fraction of sp³-hybridized carbons (Fsp3) is 0.208. The van der Waals surface area contributed by atoms with E-state index in [4.69, 9.17) is 9.47 Å². The summed E-state index contributed by atoms with van der Waals surface area (Å²) in [5.74, 6) is -1.76. The third-order valence-electron chi connectivity index (χ3n) is 5.12. The normalized spacial score (nSPS) is 11.2. The predicted molar refractivity (Wildman–Crippen MR) is 121 cm³/mol. The van der Waals surface area contributed by atoms with Gasteiger partial charge in [0.05, 0.1) is 23.1 Å². The first-order chi connectivity index (χ1) is 15.5. The molecule has 0 aliphatic rings. The molecule has 0 atom stereocenters. The van der Waals surface area contributed by atoms with Crippen molar-refractivity contribution >= 4 is 27.6 Å². The van der Waals surface area contributed by atoms with E-state index in [1.807, 2.05) is 11.5 Å². The lowest BCUT2D eigenvalue weighted by Crippen LogP contribution is -2.17. The minimum atomic E-state index is -3.64. The summed E-state index contributed by atoms with van der Waals surface area (Å²) >= 11 is 0. The van der Waals surface area contributed by atoms with E-state index in [0.29, 0.717) is 16.8 Å². The molecule has 0 bridgehead atoms. The van der Waals surface area contributed by atoms with Gasteiger partial charge in [-0.2, -0.15) is 0 Å². The second-order valence-corrected chi connectivity index (χ2v) is 9.41. The van der Waals surface area contributed by atoms with E-state index in [-0.39, 0.29) is 10.5 Å². The summed E-state index contributed by atoms with van der Waals surface area (Å²) in [7, 11) is -2.33. The molecule has 3 rings (SSSR count). The molecule has 0 amide bonds. The van der Waals surface area contributed by atoms with Crippen LogP contribution < -0.4 is 0 Å². The molecular formula is C24H23NO7S. The van der Waals surface area contributed by atoms with E-state index in [2.05, 4.69) is 0 Å². The van der Waals surface area contributed by atoms with Gasteiger partial charge in [-0.25, -0.2) is 18.0 Å². The number of rotatable bonds is 7. The smallest absolute Gasteiger partial charge is 0.339 e. The Morgan fingerprint density at radius 2 is 1.55 bits per heavy atom. The van der Waals surface area contributed by atoms with Crippen LogP contribution >= 0.6 is 0 Å². The largest absolute Gasteiger partial charge is 0.465 e. The molecule has 33 heavy (non-hydrogen) atoms. The molecule has 1 aromatic heterocycles. The molecule has 0 aliphatic heterocycles. The average Bonchev–Trinajstić information content (AvgIpc) is 3.10. The van der Waals surface area contributed by atoms with Crippen LogP contribution in [-0.2, 0) is 19.3 Å². The Labute approximate surface area is 191 Å². The molecule has 0 saturated carbocycles. The molecule has 2 aromatic carbocycles. The molecule has 0 aliphatic carbocycles. The molecule has 0 fully saturated rings. The Kier molecular flexibility index (Phi) is 6.83. The van der Waals surface area contributed by atoms with Crippen LogP contribution in [0.2, 0.25) is 0 Å². The zero-order valence-corrected chi connectivity index (χ0v) is 19.4. The van der Waals surface area contributed by atoms with Crippen molar-refractivity contribution in [3.8, 4) is 5.69 Å². The van der Waals surface area contributed by atoms with Crippen molar-refractivity contribution in [2.24, 2.45) is 0 Å². The van der Waals surface area contributed by atoms with Gasteiger partial charge in [0, 0.05) is 28.9 Å². The van der Waals surface area contributed by atoms with E-state index in [0.717, 1.165) is 17.6 Å². The molecule has 0 N–H and O–H groups in total. The SMILES string of the molecule is COC(=O)c1ccc(-n2c(C)cc(C(=O)COC(=O)c3ccccc3S(C)(=O)=O)c2C)cc1. The highest BCUT2D eigenvalue weighted by Crippen LogP contribution is 2.22. The van der Waals surface area contributed by atoms with Crippen molar-refractivity contribution < 1.29 is 32.3 Å². The van der Waals surface area contributed by atoms with Crippen molar-refractivity contribution in [1.82, 2.24) is 4.57 Å². The van der Waals surface area contributed by atoms with Crippen molar-refractivity contribution in [3.05, 3.63) is 82.7 Å². The number of nitrogens with zero attached hydrogens (tertiary/aromatic N) is 1. The molecular weight excluding hydrogens is 446 g/mol. The zero-order valence-electron chi connectivity index (χ0n) is 18.6. The first-order valence-corrected chi connectivity index (χ1v) is 11.8. The Bertz CT molecular complexity index is 1340. The number of ether oxygens (including phenoxy) is 2. The summed E-state index contributed by atoms with van der Waals surface area (Å²) in [5.41, 5.74) is 2.81. The topological polar surface area (TPSA) is 109 Å². The number of benzene rings is 2. The van der Waals surface area contributed by atoms with Crippen LogP contribution in [0.5, 0.6) is 0 Å². The summed E-state index contributed by atoms with van der Waals surface area (Å²) in [5, 5.41) is 0. The zero-order chi connectivity index (χ0) is 24.3. The number of hydrogen-bond acceptors (Lipinski definition) is 7. The highest BCUT2D eigenvalue weighted by Gasteiger charge is 2.22. The van der Waals surface area contributed by atoms with Crippen LogP contribution in [0.4, 0.5) is 0 Å². The van der Waals surface area contributed by atoms with Gasteiger partial charge in [0.15, 0.2) is 16.4 Å². The van der Waals surface area contributed by atoms with Crippen molar-refractivity contribution in [2.45, 2.75) is 18.7 Å². The summed E-state index contributed by atoms with van der Waals surface area (Å²) in [4.78, 5) is 36.7. The minimum absolute atomic E-state index is 0.121. The average molecular weight is 470 g/mol. The van der Waals surface area contributed by atoms with Crippen molar-refractivity contribution in [1.29, 1.82) is 0 Å². The number of carbonyl (C=O) groups excluding carboxylic acids is 3. The Hall–Kier alpha value is -3.72. The fourth-order valence-corrected chi connectivity index (χ4v) is 4.43. The molecule has 0 saturated heterocycles. The van der Waals surface area contributed by atoms with Gasteiger partial charge in [0.25, 0.3) is 0 Å². The second kappa shape index (κ2) is 9.41. The number of methoxy groups -OCH3 is 1. The molecule has 0 unspecified atom stereocenters. The Morgan fingerprint density at radius 1 is 0.909 bits per heavy atom. The van der Waals surface area contributed by atoms with Gasteiger partial charge < -0.3 is 14.0 Å². The quantitative estimate of drug-likeness (QED) is 0.386. The summed E-state index contributed by atoms with van der Waals surface area (Å²) in [6, 6.07) is 14.1. The maximum absolute atomic E-state index is 12.8. The van der Waals surface area contributed by atoms with E-state index < -0.39 is 34.2 Å². The van der Waals surface area contributed by atoms with Crippen LogP contribution in [0.1, 0.15) is 42.5 Å². The maximum atomic E-state index is 12.8. The molecule has 0 spiro atoms. The predicted octanol–water partition coefficient (Wildman–Crippen LogP) is 3.32. The van der Waals surface area contributed by atoms with Gasteiger partial charge in [-0.15, -0.1) is 0 Å². The second-order valence-electron chi connectivity index (χ2n) is 7.43. The number of sulfone groups is 1. The Balaban J connectivity index is 1.80. The van der Waals surface area contributed by atoms with Crippen molar-refractivity contribution in [3.63, 3.8) is 0 Å². The van der Waals surface area contributed by atoms with Crippen LogP contribution in [0.25, 0.3) is 5.69 Å². The van der Waals surface area contributed by atoms with Gasteiger partial charge in [-0.1, -0.05) is 12.1 Å². The van der Waals surface area contributed by atoms with Gasteiger partial charge in [0.1, 0.15) is 0 Å². The highest BCUT2D eigenvalue weighted by molar-refractivity contribution is 7.90. The third kappa shape index (κ3) is 5.04. The van der Waals surface area contributed by atoms with Crippen LogP contribution in [0.15, 0.2) is 59.5 Å². The number of carbonyl (C=O) groups is 3. The molecule has 8 nitrogen and oxygen atoms in total. The van der Waals surface area contributed by atoms with E-state index >= 15 is 0 Å². The van der Waals surface area contributed by atoms with E-state index in [1.54, 1.807) is 37.3 Å². The molecule has 9 heteroatoms. The van der Waals surface area contributed by atoms with Crippen LogP contribution in [-0.4, -0.2) is 50.7 Å². The summed E-state index contributed by atoms with van der Waals surface area (Å²) in [6.45, 7) is 3.05. The number of hydrogen-bond donors (Lipinski definition) is 0. The third-order valence-corrected chi connectivity index (χ3v) is 6.27. The standard InChI is InChI=1S/C24H23NO7S/c1-15-13-20(16(2)25(15)18-11-9-17(10-12-18)23(27)31-3)21(26)14-32-24(28)19-7-5-6-8-22(19)33(4,29)30/h5-13H,14H2,1-4H3. The first kappa shape index (κ1) is 23.9.